The smallest absolute Gasteiger partial charge is 0.276 e. The molecule has 0 radical (unpaired) electrons. The standard InChI is InChI=1S/C31H34FN7O3P2/c1-14-6-7-24(42-18(5)43)25(26(14)32)23-11-33-16(3)27(37-23)30(40)36-20-9-35-39(13-20)17(4)22-10-34-29(28(44)15(22)2)38-12-19-8-21(19)31(38)41/h6-7,9-11,13,17-19,21H,8,12,43-44H2,1-5H3,(H,36,40)/t17?,18?,19-,21-/m1/s1. The van der Waals surface area contributed by atoms with E-state index in [0.29, 0.717) is 34.4 Å². The van der Waals surface area contributed by atoms with E-state index in [2.05, 4.69) is 43.8 Å². The number of nitrogens with one attached hydrogen (secondary N) is 1. The molecule has 4 aromatic rings. The molecule has 1 aliphatic heterocycles. The van der Waals surface area contributed by atoms with Crippen LogP contribution in [0.3, 0.4) is 0 Å². The zero-order valence-electron chi connectivity index (χ0n) is 25.1. The van der Waals surface area contributed by atoms with Crippen molar-refractivity contribution in [1.29, 1.82) is 0 Å². The first-order chi connectivity index (χ1) is 20.9. The topological polar surface area (TPSA) is 115 Å². The number of piperidine rings is 1. The van der Waals surface area contributed by atoms with Crippen LogP contribution in [0.2, 0.25) is 0 Å². The molecule has 1 aromatic carbocycles. The average Bonchev–Trinajstić information content (AvgIpc) is 3.48. The third-order valence-electron chi connectivity index (χ3n) is 8.33. The molecule has 2 fully saturated rings. The number of amides is 2. The summed E-state index contributed by atoms with van der Waals surface area (Å²) in [6, 6.07) is 3.12. The summed E-state index contributed by atoms with van der Waals surface area (Å²) in [6.45, 7) is 9.88. The Bertz CT molecular complexity index is 1810. The van der Waals surface area contributed by atoms with Gasteiger partial charge in [0.15, 0.2) is 0 Å². The van der Waals surface area contributed by atoms with Crippen LogP contribution in [0, 0.1) is 38.4 Å². The van der Waals surface area contributed by atoms with E-state index >= 15 is 4.39 Å². The molecule has 2 aliphatic rings. The van der Waals surface area contributed by atoms with Crippen LogP contribution in [-0.2, 0) is 4.79 Å². The summed E-state index contributed by atoms with van der Waals surface area (Å²) in [6.07, 6.45) is 7.51. The zero-order valence-corrected chi connectivity index (χ0v) is 27.4. The second kappa shape index (κ2) is 11.6. The number of aryl methyl sites for hydroxylation is 2. The predicted molar refractivity (Wildman–Crippen MR) is 173 cm³/mol. The summed E-state index contributed by atoms with van der Waals surface area (Å²) in [5, 5.41) is 8.22. The minimum Gasteiger partial charge on any atom is -0.486 e. The van der Waals surface area contributed by atoms with Gasteiger partial charge in [0, 0.05) is 30.2 Å². The van der Waals surface area contributed by atoms with Crippen molar-refractivity contribution in [2.75, 3.05) is 16.8 Å². The van der Waals surface area contributed by atoms with Crippen molar-refractivity contribution < 1.29 is 18.7 Å². The molecule has 0 bridgehead atoms. The van der Waals surface area contributed by atoms with E-state index in [-0.39, 0.29) is 40.7 Å². The molecule has 1 saturated carbocycles. The van der Waals surface area contributed by atoms with Crippen molar-refractivity contribution >= 4 is 47.1 Å². The van der Waals surface area contributed by atoms with Crippen LogP contribution in [0.5, 0.6) is 5.75 Å². The zero-order chi connectivity index (χ0) is 31.4. The molecule has 4 heterocycles. The maximum Gasteiger partial charge on any atom is 0.276 e. The highest BCUT2D eigenvalue weighted by Gasteiger charge is 2.53. The van der Waals surface area contributed by atoms with Gasteiger partial charge in [-0.15, -0.1) is 9.24 Å². The van der Waals surface area contributed by atoms with Gasteiger partial charge < -0.3 is 10.1 Å². The largest absolute Gasteiger partial charge is 0.486 e. The second-order valence-corrected chi connectivity index (χ2v) is 13.1. The Morgan fingerprint density at radius 2 is 1.93 bits per heavy atom. The van der Waals surface area contributed by atoms with Crippen LogP contribution in [0.15, 0.2) is 36.9 Å². The van der Waals surface area contributed by atoms with E-state index in [1.807, 2.05) is 20.8 Å². The van der Waals surface area contributed by atoms with E-state index in [1.54, 1.807) is 54.2 Å². The van der Waals surface area contributed by atoms with Gasteiger partial charge in [-0.05, 0) is 69.7 Å². The van der Waals surface area contributed by atoms with E-state index < -0.39 is 11.7 Å². The normalized spacial score (nSPS) is 18.6. The number of carbonyl (C=O) groups is 2. The van der Waals surface area contributed by atoms with Gasteiger partial charge in [0.1, 0.15) is 28.9 Å². The molecule has 4 unspecified atom stereocenters. The lowest BCUT2D eigenvalue weighted by atomic mass is 10.1. The molecule has 1 aliphatic carbocycles. The van der Waals surface area contributed by atoms with Gasteiger partial charge in [-0.1, -0.05) is 15.3 Å². The van der Waals surface area contributed by atoms with E-state index in [4.69, 9.17) is 4.74 Å². The van der Waals surface area contributed by atoms with Crippen LogP contribution in [-0.4, -0.2) is 48.9 Å². The molecule has 6 rings (SSSR count). The summed E-state index contributed by atoms with van der Waals surface area (Å²) in [5.41, 5.74) is 3.64. The number of hydrogen-bond donors (Lipinski definition) is 1. The van der Waals surface area contributed by atoms with Crippen LogP contribution in [0.1, 0.15) is 59.2 Å². The fraction of sp³-hybridized carbons (Fsp3) is 0.355. The maximum absolute atomic E-state index is 15.3. The maximum atomic E-state index is 15.3. The highest BCUT2D eigenvalue weighted by molar-refractivity contribution is 7.28. The number of nitrogens with zero attached hydrogens (tertiary/aromatic N) is 6. The molecule has 6 atom stereocenters. The van der Waals surface area contributed by atoms with Gasteiger partial charge >= 0.3 is 0 Å². The first-order valence-corrected chi connectivity index (χ1v) is 15.7. The van der Waals surface area contributed by atoms with Gasteiger partial charge in [-0.3, -0.25) is 24.2 Å². The van der Waals surface area contributed by atoms with Crippen molar-refractivity contribution in [3.8, 4) is 17.0 Å². The Hall–Kier alpha value is -3.81. The number of rotatable bonds is 8. The molecule has 1 N–H and O–H groups in total. The number of ether oxygens (including phenoxy) is 1. The minimum absolute atomic E-state index is 0.0615. The Kier molecular flexibility index (Phi) is 7.97. The Balaban J connectivity index is 1.22. The lowest BCUT2D eigenvalue weighted by Crippen LogP contribution is -2.32. The Morgan fingerprint density at radius 1 is 1.16 bits per heavy atom. The first-order valence-electron chi connectivity index (χ1n) is 14.4. The molecule has 10 nitrogen and oxygen atoms in total. The summed E-state index contributed by atoms with van der Waals surface area (Å²) in [4.78, 5) is 41.3. The van der Waals surface area contributed by atoms with Crippen molar-refractivity contribution in [2.24, 2.45) is 11.8 Å². The third kappa shape index (κ3) is 5.48. The monoisotopic (exact) mass is 633 g/mol. The predicted octanol–water partition coefficient (Wildman–Crippen LogP) is 4.74. The van der Waals surface area contributed by atoms with Crippen LogP contribution in [0.25, 0.3) is 11.3 Å². The van der Waals surface area contributed by atoms with E-state index in [0.717, 1.165) is 29.4 Å². The van der Waals surface area contributed by atoms with Gasteiger partial charge in [0.2, 0.25) is 5.91 Å². The molecular weight excluding hydrogens is 599 g/mol. The van der Waals surface area contributed by atoms with Crippen molar-refractivity contribution in [3.63, 3.8) is 0 Å². The number of hydrogen-bond acceptors (Lipinski definition) is 7. The summed E-state index contributed by atoms with van der Waals surface area (Å²) in [5.74, 6) is 0.541. The molecule has 13 heteroatoms. The Labute approximate surface area is 259 Å². The number of anilines is 2. The van der Waals surface area contributed by atoms with Gasteiger partial charge in [0.05, 0.1) is 41.1 Å². The number of carbonyl (C=O) groups excluding carboxylic acids is 2. The highest BCUT2D eigenvalue weighted by Crippen LogP contribution is 2.47. The molecule has 228 valence electrons. The van der Waals surface area contributed by atoms with Gasteiger partial charge in [-0.2, -0.15) is 5.10 Å². The fourth-order valence-corrected chi connectivity index (χ4v) is 6.20. The van der Waals surface area contributed by atoms with Crippen LogP contribution >= 0.6 is 18.5 Å². The summed E-state index contributed by atoms with van der Waals surface area (Å²) < 4.78 is 22.8. The summed E-state index contributed by atoms with van der Waals surface area (Å²) >= 11 is 0. The quantitative estimate of drug-likeness (QED) is 0.279. The second-order valence-electron chi connectivity index (χ2n) is 11.5. The Morgan fingerprint density at radius 3 is 2.64 bits per heavy atom. The van der Waals surface area contributed by atoms with Crippen molar-refractivity contribution in [1.82, 2.24) is 24.7 Å². The number of pyridine rings is 1. The van der Waals surface area contributed by atoms with Gasteiger partial charge in [-0.25, -0.2) is 14.4 Å². The summed E-state index contributed by atoms with van der Waals surface area (Å²) in [7, 11) is 5.25. The van der Waals surface area contributed by atoms with Crippen LogP contribution < -0.4 is 20.3 Å². The molecule has 44 heavy (non-hydrogen) atoms. The average molecular weight is 634 g/mol. The molecule has 3 aromatic heterocycles. The SMILES string of the molecule is Cc1ccc(OC(C)P)c(-c2cnc(C)c(C(=O)Nc3cnn(C(C)c4cnc(N5C[C@H]6C[C@H]6C5=O)c(P)c4C)c3)n2)c1F. The van der Waals surface area contributed by atoms with Crippen molar-refractivity contribution in [2.45, 2.75) is 52.9 Å². The number of fused-ring (bicyclic) bond motifs is 1. The highest BCUT2D eigenvalue weighted by atomic mass is 31.0. The molecule has 0 spiro atoms. The first kappa shape index (κ1) is 30.2. The molecule has 2 amide bonds. The third-order valence-corrected chi connectivity index (χ3v) is 9.15. The lowest BCUT2D eigenvalue weighted by Gasteiger charge is -2.23. The molecular formula is C31H34FN7O3P2. The minimum atomic E-state index is -0.498. The van der Waals surface area contributed by atoms with Crippen LogP contribution in [0.4, 0.5) is 15.9 Å². The fourth-order valence-electron chi connectivity index (χ4n) is 5.66. The molecule has 1 saturated heterocycles. The van der Waals surface area contributed by atoms with E-state index in [1.165, 1.54) is 6.20 Å². The lowest BCUT2D eigenvalue weighted by molar-refractivity contribution is -0.118. The van der Waals surface area contributed by atoms with Gasteiger partial charge in [0.25, 0.3) is 5.91 Å². The number of aromatic nitrogens is 5. The number of benzene rings is 1. The van der Waals surface area contributed by atoms with Crippen molar-refractivity contribution in [3.05, 3.63) is 70.8 Å². The number of halogens is 1. The van der Waals surface area contributed by atoms with E-state index in [9.17, 15) is 9.59 Å².